The summed E-state index contributed by atoms with van der Waals surface area (Å²) >= 11 is 0. The zero-order valence-corrected chi connectivity index (χ0v) is 19.5. The van der Waals surface area contributed by atoms with Crippen LogP contribution in [0.25, 0.3) is 0 Å². The summed E-state index contributed by atoms with van der Waals surface area (Å²) in [4.78, 5) is 29.0. The Labute approximate surface area is 200 Å². The zero-order chi connectivity index (χ0) is 23.7. The Hall–Kier alpha value is -3.86. The van der Waals surface area contributed by atoms with Crippen molar-refractivity contribution in [3.63, 3.8) is 0 Å². The van der Waals surface area contributed by atoms with Crippen LogP contribution in [-0.2, 0) is 9.59 Å². The van der Waals surface area contributed by atoms with Gasteiger partial charge in [-0.05, 0) is 47.7 Å². The van der Waals surface area contributed by atoms with Gasteiger partial charge in [-0.2, -0.15) is 0 Å². The van der Waals surface area contributed by atoms with E-state index in [0.29, 0.717) is 24.8 Å². The highest BCUT2D eigenvalue weighted by Gasteiger charge is 2.41. The molecule has 172 valence electrons. The molecule has 0 spiro atoms. The maximum absolute atomic E-state index is 13.8. The van der Waals surface area contributed by atoms with Crippen LogP contribution in [0.2, 0.25) is 0 Å². The van der Waals surface area contributed by atoms with E-state index in [2.05, 4.69) is 17.4 Å². The monoisotopic (exact) mass is 452 g/mol. The molecule has 34 heavy (non-hydrogen) atoms. The first kappa shape index (κ1) is 22.0. The summed E-state index contributed by atoms with van der Waals surface area (Å²) in [5, 5.41) is 3.56. The summed E-state index contributed by atoms with van der Waals surface area (Å²) in [5.74, 6) is 0.876. The van der Waals surface area contributed by atoms with Gasteiger partial charge in [-0.25, -0.2) is 0 Å². The maximum Gasteiger partial charge on any atom is 0.227 e. The molecule has 5 rings (SSSR count). The Morgan fingerprint density at radius 3 is 2.35 bits per heavy atom. The molecule has 0 aromatic heterocycles. The number of carbonyl (C=O) groups is 2. The van der Waals surface area contributed by atoms with Crippen LogP contribution in [0.5, 0.6) is 5.75 Å². The van der Waals surface area contributed by atoms with E-state index in [1.807, 2.05) is 73.7 Å². The van der Waals surface area contributed by atoms with Gasteiger partial charge in [-0.15, -0.1) is 0 Å². The van der Waals surface area contributed by atoms with Crippen LogP contribution in [0.4, 0.5) is 11.4 Å². The van der Waals surface area contributed by atoms with Crippen molar-refractivity contribution in [3.05, 3.63) is 101 Å². The third kappa shape index (κ3) is 3.87. The number of nitrogens with zero attached hydrogens (tertiary/aromatic N) is 1. The molecule has 1 aliphatic carbocycles. The number of benzene rings is 3. The highest BCUT2D eigenvalue weighted by molar-refractivity contribution is 6.06. The van der Waals surface area contributed by atoms with Crippen molar-refractivity contribution in [1.82, 2.24) is 0 Å². The van der Waals surface area contributed by atoms with Crippen LogP contribution in [0.3, 0.4) is 0 Å². The number of amides is 1. The molecule has 0 bridgehead atoms. The van der Waals surface area contributed by atoms with Gasteiger partial charge in [0, 0.05) is 24.1 Å². The van der Waals surface area contributed by atoms with Gasteiger partial charge in [0.05, 0.1) is 24.5 Å². The number of allylic oxidation sites excluding steroid dienone is 1. The van der Waals surface area contributed by atoms with E-state index in [-0.39, 0.29) is 17.6 Å². The fourth-order valence-corrected chi connectivity index (χ4v) is 5.10. The second-order valence-electron chi connectivity index (χ2n) is 8.77. The van der Waals surface area contributed by atoms with E-state index < -0.39 is 6.04 Å². The van der Waals surface area contributed by atoms with Crippen molar-refractivity contribution in [3.8, 4) is 5.75 Å². The molecule has 0 radical (unpaired) electrons. The molecular formula is C29H28N2O3. The summed E-state index contributed by atoms with van der Waals surface area (Å²) in [6.45, 7) is 1.86. The van der Waals surface area contributed by atoms with Gasteiger partial charge < -0.3 is 10.1 Å². The lowest BCUT2D eigenvalue weighted by molar-refractivity contribution is -0.119. The number of Topliss-reactive ketones (excluding diaryl/α,β-unsaturated/α-hetero) is 1. The summed E-state index contributed by atoms with van der Waals surface area (Å²) in [6.07, 6.45) is 1.46. The molecule has 3 aromatic carbocycles. The second-order valence-corrected chi connectivity index (χ2v) is 8.77. The fraction of sp³-hybridized carbons (Fsp3) is 0.241. The zero-order valence-electron chi connectivity index (χ0n) is 19.5. The Morgan fingerprint density at radius 1 is 0.941 bits per heavy atom. The van der Waals surface area contributed by atoms with Crippen molar-refractivity contribution in [2.24, 2.45) is 0 Å². The number of hydrogen-bond acceptors (Lipinski definition) is 4. The molecule has 0 unspecified atom stereocenters. The first-order valence-corrected chi connectivity index (χ1v) is 11.7. The Morgan fingerprint density at radius 2 is 1.65 bits per heavy atom. The predicted molar refractivity (Wildman–Crippen MR) is 134 cm³/mol. The van der Waals surface area contributed by atoms with Gasteiger partial charge in [0.15, 0.2) is 5.78 Å². The van der Waals surface area contributed by atoms with E-state index in [0.717, 1.165) is 33.9 Å². The van der Waals surface area contributed by atoms with Crippen LogP contribution in [0, 0.1) is 0 Å². The summed E-state index contributed by atoms with van der Waals surface area (Å²) in [6, 6.07) is 25.2. The number of anilines is 2. The van der Waals surface area contributed by atoms with Crippen LogP contribution >= 0.6 is 0 Å². The number of rotatable bonds is 4. The second kappa shape index (κ2) is 9.18. The summed E-state index contributed by atoms with van der Waals surface area (Å²) in [5.41, 5.74) is 5.24. The molecule has 3 aromatic rings. The number of ether oxygens (including phenoxy) is 1. The third-order valence-corrected chi connectivity index (χ3v) is 6.76. The van der Waals surface area contributed by atoms with Gasteiger partial charge in [-0.3, -0.25) is 14.5 Å². The number of para-hydroxylation sites is 2. The number of methoxy groups -OCH3 is 1. The van der Waals surface area contributed by atoms with Crippen LogP contribution in [-0.4, -0.2) is 18.8 Å². The van der Waals surface area contributed by atoms with Crippen molar-refractivity contribution < 1.29 is 14.3 Å². The highest BCUT2D eigenvalue weighted by Crippen LogP contribution is 2.47. The minimum atomic E-state index is -0.506. The topological polar surface area (TPSA) is 58.6 Å². The van der Waals surface area contributed by atoms with Gasteiger partial charge in [0.25, 0.3) is 0 Å². The molecule has 2 atom stereocenters. The van der Waals surface area contributed by atoms with Crippen LogP contribution in [0.15, 0.2) is 90.1 Å². The van der Waals surface area contributed by atoms with Crippen molar-refractivity contribution in [2.75, 3.05) is 17.3 Å². The Balaban J connectivity index is 1.70. The quantitative estimate of drug-likeness (QED) is 0.527. The van der Waals surface area contributed by atoms with Crippen molar-refractivity contribution in [2.45, 2.75) is 38.1 Å². The molecule has 0 saturated carbocycles. The van der Waals surface area contributed by atoms with E-state index in [1.165, 1.54) is 0 Å². The number of fused-ring (bicyclic) bond motifs is 1. The lowest BCUT2D eigenvalue weighted by Gasteiger charge is -2.35. The third-order valence-electron chi connectivity index (χ3n) is 6.76. The molecule has 1 heterocycles. The van der Waals surface area contributed by atoms with Crippen molar-refractivity contribution >= 4 is 23.1 Å². The Bertz CT molecular complexity index is 1250. The molecule has 5 nitrogen and oxygen atoms in total. The van der Waals surface area contributed by atoms with Crippen LogP contribution < -0.4 is 15.0 Å². The summed E-state index contributed by atoms with van der Waals surface area (Å²) < 4.78 is 5.35. The fourth-order valence-electron chi connectivity index (χ4n) is 5.10. The normalized spacial score (nSPS) is 19.6. The highest BCUT2D eigenvalue weighted by atomic mass is 16.5. The van der Waals surface area contributed by atoms with E-state index in [4.69, 9.17) is 4.74 Å². The van der Waals surface area contributed by atoms with E-state index in [9.17, 15) is 9.59 Å². The van der Waals surface area contributed by atoms with Gasteiger partial charge in [0.1, 0.15) is 5.75 Å². The Kier molecular flexibility index (Phi) is 5.93. The molecule has 1 aliphatic heterocycles. The number of ketones is 1. The van der Waals surface area contributed by atoms with Crippen molar-refractivity contribution in [1.29, 1.82) is 0 Å². The van der Waals surface area contributed by atoms with Gasteiger partial charge in [0.2, 0.25) is 5.91 Å². The summed E-state index contributed by atoms with van der Waals surface area (Å²) in [7, 11) is 1.63. The molecule has 0 saturated heterocycles. The minimum absolute atomic E-state index is 0.0261. The van der Waals surface area contributed by atoms with E-state index >= 15 is 0 Å². The molecular weight excluding hydrogens is 424 g/mol. The lowest BCUT2D eigenvalue weighted by Crippen LogP contribution is -2.38. The molecule has 1 N–H and O–H groups in total. The first-order chi connectivity index (χ1) is 16.6. The van der Waals surface area contributed by atoms with Gasteiger partial charge >= 0.3 is 0 Å². The largest absolute Gasteiger partial charge is 0.497 e. The average molecular weight is 453 g/mol. The lowest BCUT2D eigenvalue weighted by atomic mass is 9.78. The molecule has 0 fully saturated rings. The van der Waals surface area contributed by atoms with Crippen LogP contribution in [0.1, 0.15) is 49.3 Å². The van der Waals surface area contributed by atoms with Gasteiger partial charge in [-0.1, -0.05) is 61.5 Å². The first-order valence-electron chi connectivity index (χ1n) is 11.7. The molecule has 1 amide bonds. The minimum Gasteiger partial charge on any atom is -0.497 e. The number of hydrogen-bond donors (Lipinski definition) is 1. The maximum atomic E-state index is 13.8. The predicted octanol–water partition coefficient (Wildman–Crippen LogP) is 6.01. The molecule has 5 heteroatoms. The SMILES string of the molecule is CCC(=O)N1c2ccccc2NC2=C(C(=O)C[C@H](c3ccccc3)C2)[C@@H]1c1ccc(OC)cc1. The van der Waals surface area contributed by atoms with E-state index in [1.54, 1.807) is 12.0 Å². The average Bonchev–Trinajstić information content (AvgIpc) is 3.03. The molecule has 2 aliphatic rings. The number of nitrogens with one attached hydrogen (secondary N) is 1. The smallest absolute Gasteiger partial charge is 0.227 e. The number of carbonyl (C=O) groups excluding carboxylic acids is 2. The standard InChI is InChI=1S/C29H28N2O3/c1-3-27(33)31-25-12-8-7-11-23(25)30-24-17-21(19-9-5-4-6-10-19)18-26(32)28(24)29(31)20-13-15-22(34-2)16-14-20/h4-16,21,29-30H,3,17-18H2,1-2H3/t21-,29+/m1/s1.